The van der Waals surface area contributed by atoms with Crippen molar-refractivity contribution in [1.82, 2.24) is 9.80 Å². The number of allylic oxidation sites excluding steroid dienone is 1. The van der Waals surface area contributed by atoms with Crippen molar-refractivity contribution in [2.75, 3.05) is 19.6 Å². The number of rotatable bonds is 4. The molecule has 2 atom stereocenters. The van der Waals surface area contributed by atoms with Crippen LogP contribution in [0.2, 0.25) is 0 Å². The van der Waals surface area contributed by atoms with Gasteiger partial charge in [-0.25, -0.2) is 4.99 Å². The molecule has 2 saturated heterocycles. The second-order valence-electron chi connectivity index (χ2n) is 7.59. The van der Waals surface area contributed by atoms with E-state index in [4.69, 9.17) is 9.98 Å². The third-order valence-corrected chi connectivity index (χ3v) is 5.64. The molecule has 0 saturated carbocycles. The molecule has 2 fully saturated rings. The minimum absolute atomic E-state index is 0.218. The molecule has 0 aliphatic carbocycles. The molecule has 2 unspecified atom stereocenters. The van der Waals surface area contributed by atoms with E-state index in [1.165, 1.54) is 43.6 Å². The monoisotopic (exact) mass is 336 g/mol. The van der Waals surface area contributed by atoms with Gasteiger partial charge in [0.05, 0.1) is 12.0 Å². The number of benzene rings is 1. The van der Waals surface area contributed by atoms with Gasteiger partial charge in [-0.15, -0.1) is 0 Å². The molecule has 0 amide bonds. The maximum Gasteiger partial charge on any atom is 0.130 e. The van der Waals surface area contributed by atoms with Crippen molar-refractivity contribution >= 4 is 18.2 Å². The van der Waals surface area contributed by atoms with E-state index in [1.54, 1.807) is 0 Å². The van der Waals surface area contributed by atoms with E-state index in [9.17, 15) is 0 Å². The van der Waals surface area contributed by atoms with Crippen LogP contribution in [0.3, 0.4) is 0 Å². The summed E-state index contributed by atoms with van der Waals surface area (Å²) in [5, 5.41) is 0. The van der Waals surface area contributed by atoms with Crippen LogP contribution in [0.5, 0.6) is 0 Å². The Hall–Kier alpha value is -2.10. The lowest BCUT2D eigenvalue weighted by atomic mass is 9.98. The summed E-state index contributed by atoms with van der Waals surface area (Å²) in [5.41, 5.74) is 3.88. The highest BCUT2D eigenvalue weighted by atomic mass is 15.3. The van der Waals surface area contributed by atoms with E-state index in [1.807, 2.05) is 12.6 Å². The molecule has 0 radical (unpaired) electrons. The summed E-state index contributed by atoms with van der Waals surface area (Å²) in [7, 11) is 0. The largest absolute Gasteiger partial charge is 0.374 e. The maximum atomic E-state index is 4.82. The van der Waals surface area contributed by atoms with Crippen LogP contribution < -0.4 is 0 Å². The molecule has 1 aromatic carbocycles. The van der Waals surface area contributed by atoms with Crippen molar-refractivity contribution in [3.63, 3.8) is 0 Å². The van der Waals surface area contributed by atoms with Crippen LogP contribution in [0.1, 0.15) is 44.6 Å². The molecule has 0 spiro atoms. The smallest absolute Gasteiger partial charge is 0.130 e. The summed E-state index contributed by atoms with van der Waals surface area (Å²) in [6.45, 7) is 7.89. The Bertz CT molecular complexity index is 698. The maximum absolute atomic E-state index is 4.82. The fraction of sp³-hybridized carbons (Fsp3) is 0.524. The second-order valence-corrected chi connectivity index (χ2v) is 7.59. The summed E-state index contributed by atoms with van der Waals surface area (Å²) < 4.78 is 0. The quantitative estimate of drug-likeness (QED) is 0.610. The van der Waals surface area contributed by atoms with Gasteiger partial charge in [-0.3, -0.25) is 4.99 Å². The minimum Gasteiger partial charge on any atom is -0.374 e. The zero-order valence-corrected chi connectivity index (χ0v) is 15.3. The number of fused-ring (bicyclic) bond motifs is 1. The SMILES string of the molecule is CC(C)c1ccccc1N=CN1CCC2C(N3CCCC3)=CC=NC21. The summed E-state index contributed by atoms with van der Waals surface area (Å²) in [4.78, 5) is 14.5. The molecule has 0 aromatic heterocycles. The predicted octanol–water partition coefficient (Wildman–Crippen LogP) is 4.18. The first-order chi connectivity index (χ1) is 12.2. The van der Waals surface area contributed by atoms with E-state index >= 15 is 0 Å². The molecule has 4 nitrogen and oxygen atoms in total. The highest BCUT2D eigenvalue weighted by molar-refractivity contribution is 5.75. The van der Waals surface area contributed by atoms with E-state index in [0.29, 0.717) is 11.8 Å². The molecule has 4 rings (SSSR count). The van der Waals surface area contributed by atoms with Crippen LogP contribution >= 0.6 is 0 Å². The number of para-hydroxylation sites is 1. The average molecular weight is 336 g/mol. The average Bonchev–Trinajstić information content (AvgIpc) is 3.30. The topological polar surface area (TPSA) is 31.2 Å². The number of likely N-dealkylation sites (tertiary alicyclic amines) is 2. The summed E-state index contributed by atoms with van der Waals surface area (Å²) in [6, 6.07) is 8.45. The number of hydrogen-bond acceptors (Lipinski definition) is 3. The van der Waals surface area contributed by atoms with E-state index < -0.39 is 0 Å². The van der Waals surface area contributed by atoms with Crippen LogP contribution in [-0.4, -0.2) is 48.2 Å². The first-order valence-electron chi connectivity index (χ1n) is 9.61. The second kappa shape index (κ2) is 7.03. The van der Waals surface area contributed by atoms with Crippen molar-refractivity contribution in [3.8, 4) is 0 Å². The van der Waals surface area contributed by atoms with Gasteiger partial charge < -0.3 is 9.80 Å². The zero-order chi connectivity index (χ0) is 17.2. The highest BCUT2D eigenvalue weighted by Crippen LogP contribution is 2.36. The lowest BCUT2D eigenvalue weighted by molar-refractivity contribution is 0.306. The van der Waals surface area contributed by atoms with Crippen molar-refractivity contribution < 1.29 is 0 Å². The fourth-order valence-corrected chi connectivity index (χ4v) is 4.29. The lowest BCUT2D eigenvalue weighted by Gasteiger charge is -2.32. The third kappa shape index (κ3) is 3.22. The van der Waals surface area contributed by atoms with Gasteiger partial charge in [-0.05, 0) is 42.9 Å². The fourth-order valence-electron chi connectivity index (χ4n) is 4.29. The normalized spacial score (nSPS) is 26.0. The first kappa shape index (κ1) is 16.4. The molecular formula is C21H28N4. The van der Waals surface area contributed by atoms with Gasteiger partial charge in [0, 0.05) is 37.5 Å². The summed E-state index contributed by atoms with van der Waals surface area (Å²) in [5.74, 6) is 1.01. The molecule has 1 aromatic rings. The lowest BCUT2D eigenvalue weighted by Crippen LogP contribution is -2.36. The van der Waals surface area contributed by atoms with Gasteiger partial charge in [0.2, 0.25) is 0 Å². The van der Waals surface area contributed by atoms with Crippen LogP contribution in [-0.2, 0) is 0 Å². The molecule has 0 N–H and O–H groups in total. The Labute approximate surface area is 151 Å². The van der Waals surface area contributed by atoms with Crippen molar-refractivity contribution in [1.29, 1.82) is 0 Å². The van der Waals surface area contributed by atoms with Gasteiger partial charge in [0.1, 0.15) is 6.17 Å². The Morgan fingerprint density at radius 2 is 1.96 bits per heavy atom. The highest BCUT2D eigenvalue weighted by Gasteiger charge is 2.38. The molecule has 3 aliphatic heterocycles. The molecule has 25 heavy (non-hydrogen) atoms. The van der Waals surface area contributed by atoms with Gasteiger partial charge in [0.25, 0.3) is 0 Å². The molecule has 0 bridgehead atoms. The van der Waals surface area contributed by atoms with Gasteiger partial charge in [-0.2, -0.15) is 0 Å². The number of aliphatic imine (C=N–C) groups is 2. The van der Waals surface area contributed by atoms with Crippen LogP contribution in [0.15, 0.2) is 46.0 Å². The predicted molar refractivity (Wildman–Crippen MR) is 105 cm³/mol. The van der Waals surface area contributed by atoms with Gasteiger partial charge in [0.15, 0.2) is 0 Å². The van der Waals surface area contributed by atoms with Crippen molar-refractivity contribution in [3.05, 3.63) is 41.6 Å². The van der Waals surface area contributed by atoms with E-state index in [2.05, 4.69) is 54.0 Å². The summed E-state index contributed by atoms with van der Waals surface area (Å²) >= 11 is 0. The third-order valence-electron chi connectivity index (χ3n) is 5.64. The Morgan fingerprint density at radius 3 is 2.76 bits per heavy atom. The molecule has 4 heteroatoms. The van der Waals surface area contributed by atoms with Crippen LogP contribution in [0.4, 0.5) is 5.69 Å². The molecular weight excluding hydrogens is 308 g/mol. The van der Waals surface area contributed by atoms with Crippen molar-refractivity contribution in [2.45, 2.75) is 45.2 Å². The van der Waals surface area contributed by atoms with Crippen LogP contribution in [0.25, 0.3) is 0 Å². The minimum atomic E-state index is 0.218. The Kier molecular flexibility index (Phi) is 4.60. The van der Waals surface area contributed by atoms with E-state index in [-0.39, 0.29) is 6.17 Å². The standard InChI is InChI=1S/C21H28N4/c1-16(2)17-7-3-4-8-19(17)23-15-25-14-10-18-20(9-11-22-21(18)25)24-12-5-6-13-24/h3-4,7-9,11,15-16,18,21H,5-6,10,12-14H2,1-2H3. The number of hydrogen-bond donors (Lipinski definition) is 0. The Morgan fingerprint density at radius 1 is 1.16 bits per heavy atom. The van der Waals surface area contributed by atoms with E-state index in [0.717, 1.165) is 12.2 Å². The zero-order valence-electron chi connectivity index (χ0n) is 15.3. The molecule has 3 aliphatic rings. The number of dihydropyridines is 1. The molecule has 3 heterocycles. The van der Waals surface area contributed by atoms with Gasteiger partial charge >= 0.3 is 0 Å². The van der Waals surface area contributed by atoms with Gasteiger partial charge in [-0.1, -0.05) is 32.0 Å². The molecule has 132 valence electrons. The Balaban J connectivity index is 1.50. The first-order valence-corrected chi connectivity index (χ1v) is 9.61. The number of nitrogens with zero attached hydrogens (tertiary/aromatic N) is 4. The summed E-state index contributed by atoms with van der Waals surface area (Å²) in [6.07, 6.45) is 10.3. The van der Waals surface area contributed by atoms with Crippen LogP contribution in [0, 0.1) is 5.92 Å². The van der Waals surface area contributed by atoms with Crippen molar-refractivity contribution in [2.24, 2.45) is 15.9 Å².